The first-order chi connectivity index (χ1) is 19.6. The van der Waals surface area contributed by atoms with E-state index in [-0.39, 0.29) is 24.0 Å². The number of allylic oxidation sites excluding steroid dienone is 1. The molecule has 220 valence electrons. The van der Waals surface area contributed by atoms with Crippen molar-refractivity contribution in [2.45, 2.75) is 26.7 Å². The van der Waals surface area contributed by atoms with E-state index in [9.17, 15) is 9.59 Å². The van der Waals surface area contributed by atoms with Crippen LogP contribution in [0, 0.1) is 17.3 Å². The summed E-state index contributed by atoms with van der Waals surface area (Å²) >= 11 is 18.2. The topological polar surface area (TPSA) is 65.1 Å². The van der Waals surface area contributed by atoms with E-state index >= 15 is 0 Å². The van der Waals surface area contributed by atoms with Gasteiger partial charge in [-0.15, -0.1) is 0 Å². The van der Waals surface area contributed by atoms with Crippen molar-refractivity contribution >= 4 is 52.4 Å². The maximum atomic E-state index is 13.5. The second-order valence-corrected chi connectivity index (χ2v) is 13.0. The lowest BCUT2D eigenvalue weighted by Gasteiger charge is -2.57. The van der Waals surface area contributed by atoms with Gasteiger partial charge in [0.15, 0.2) is 6.61 Å². The SMILES string of the molecule is CC1(C)C2CC=C(CN(CCN3CCN(C(=O)COc4ccc(Cl)cc4)CC3)C(=O)Nc3ccc(Cl)c(Cl)c3)C1C2. The van der Waals surface area contributed by atoms with E-state index in [1.54, 1.807) is 42.5 Å². The first-order valence-corrected chi connectivity index (χ1v) is 15.3. The molecule has 2 atom stereocenters. The summed E-state index contributed by atoms with van der Waals surface area (Å²) < 4.78 is 5.63. The minimum absolute atomic E-state index is 0.00220. The molecular weight excluding hydrogens is 583 g/mol. The van der Waals surface area contributed by atoms with Crippen LogP contribution in [-0.2, 0) is 4.79 Å². The van der Waals surface area contributed by atoms with E-state index in [0.29, 0.717) is 58.6 Å². The standard InChI is InChI=1S/C31H37Cl3N4O3/c1-31(2)22-4-3-21(26(31)17-22)19-38(30(40)35-24-7-10-27(33)28(34)18-24)16-13-36-11-14-37(15-12-36)29(39)20-41-25-8-5-23(32)6-9-25/h3,5-10,18,22,26H,4,11-17,19-20H2,1-2H3,(H,35,40). The molecular formula is C31H37Cl3N4O3. The van der Waals surface area contributed by atoms with Gasteiger partial charge in [0.1, 0.15) is 5.75 Å². The first kappa shape index (κ1) is 30.0. The van der Waals surface area contributed by atoms with Gasteiger partial charge in [0.25, 0.3) is 5.91 Å². The number of hydrogen-bond acceptors (Lipinski definition) is 4. The molecule has 2 bridgehead atoms. The van der Waals surface area contributed by atoms with Crippen molar-refractivity contribution in [2.75, 3.05) is 57.7 Å². The Hall–Kier alpha value is -2.45. The van der Waals surface area contributed by atoms with Gasteiger partial charge in [0.2, 0.25) is 0 Å². The summed E-state index contributed by atoms with van der Waals surface area (Å²) in [5.41, 5.74) is 2.26. The van der Waals surface area contributed by atoms with Gasteiger partial charge in [0.05, 0.1) is 10.0 Å². The fourth-order valence-corrected chi connectivity index (χ4v) is 6.58. The molecule has 0 spiro atoms. The van der Waals surface area contributed by atoms with E-state index in [2.05, 4.69) is 30.1 Å². The predicted molar refractivity (Wildman–Crippen MR) is 165 cm³/mol. The second kappa shape index (κ2) is 12.8. The molecule has 1 heterocycles. The summed E-state index contributed by atoms with van der Waals surface area (Å²) in [5, 5.41) is 4.49. The Kier molecular flexibility index (Phi) is 9.39. The van der Waals surface area contributed by atoms with Crippen LogP contribution in [0.15, 0.2) is 54.1 Å². The van der Waals surface area contributed by atoms with E-state index in [1.807, 2.05) is 9.80 Å². The highest BCUT2D eigenvalue weighted by molar-refractivity contribution is 6.42. The first-order valence-electron chi connectivity index (χ1n) is 14.2. The zero-order chi connectivity index (χ0) is 29.1. The molecule has 7 nitrogen and oxygen atoms in total. The number of hydrogen-bond donors (Lipinski definition) is 1. The molecule has 6 rings (SSSR count). The maximum absolute atomic E-state index is 13.5. The van der Waals surface area contributed by atoms with Gasteiger partial charge in [-0.25, -0.2) is 4.79 Å². The van der Waals surface area contributed by atoms with Gasteiger partial charge in [-0.05, 0) is 72.6 Å². The number of carbonyl (C=O) groups excluding carboxylic acids is 2. The second-order valence-electron chi connectivity index (χ2n) is 11.8. The van der Waals surface area contributed by atoms with Crippen molar-refractivity contribution in [2.24, 2.45) is 17.3 Å². The maximum Gasteiger partial charge on any atom is 0.322 e. The van der Waals surface area contributed by atoms with Crippen LogP contribution >= 0.6 is 34.8 Å². The number of carbonyl (C=O) groups is 2. The van der Waals surface area contributed by atoms with Crippen LogP contribution in [0.4, 0.5) is 10.5 Å². The van der Waals surface area contributed by atoms with Crippen molar-refractivity contribution in [1.29, 1.82) is 0 Å². The Morgan fingerprint density at radius 3 is 2.41 bits per heavy atom. The molecule has 3 amide bonds. The van der Waals surface area contributed by atoms with Gasteiger partial charge in [-0.1, -0.05) is 60.3 Å². The van der Waals surface area contributed by atoms with Gasteiger partial charge >= 0.3 is 6.03 Å². The van der Waals surface area contributed by atoms with Crippen molar-refractivity contribution in [3.63, 3.8) is 0 Å². The quantitative estimate of drug-likeness (QED) is 0.318. The Bertz CT molecular complexity index is 1290. The summed E-state index contributed by atoms with van der Waals surface area (Å²) in [6.07, 6.45) is 4.64. The molecule has 0 radical (unpaired) electrons. The number of amides is 3. The van der Waals surface area contributed by atoms with Crippen LogP contribution < -0.4 is 10.1 Å². The molecule has 1 saturated carbocycles. The lowest BCUT2D eigenvalue weighted by molar-refractivity contribution is -0.135. The van der Waals surface area contributed by atoms with Crippen LogP contribution in [0.25, 0.3) is 0 Å². The lowest BCUT2D eigenvalue weighted by atomic mass is 9.49. The summed E-state index contributed by atoms with van der Waals surface area (Å²) in [5.74, 6) is 1.85. The average Bonchev–Trinajstić information content (AvgIpc) is 2.97. The molecule has 2 unspecified atom stereocenters. The molecule has 2 aromatic carbocycles. The number of piperazine rings is 1. The third kappa shape index (κ3) is 7.14. The number of benzene rings is 2. The minimum atomic E-state index is -0.156. The van der Waals surface area contributed by atoms with Gasteiger partial charge in [-0.2, -0.15) is 0 Å². The van der Waals surface area contributed by atoms with Crippen LogP contribution in [0.2, 0.25) is 15.1 Å². The molecule has 1 aliphatic heterocycles. The summed E-state index contributed by atoms with van der Waals surface area (Å²) in [4.78, 5) is 32.2. The molecule has 41 heavy (non-hydrogen) atoms. The Balaban J connectivity index is 1.15. The van der Waals surface area contributed by atoms with Crippen molar-refractivity contribution < 1.29 is 14.3 Å². The molecule has 1 N–H and O–H groups in total. The van der Waals surface area contributed by atoms with Crippen LogP contribution in [0.3, 0.4) is 0 Å². The fourth-order valence-electron chi connectivity index (χ4n) is 6.16. The molecule has 3 aliphatic carbocycles. The zero-order valence-corrected chi connectivity index (χ0v) is 25.8. The summed E-state index contributed by atoms with van der Waals surface area (Å²) in [7, 11) is 0. The number of ether oxygens (including phenoxy) is 1. The van der Waals surface area contributed by atoms with Crippen LogP contribution in [0.1, 0.15) is 26.7 Å². The van der Waals surface area contributed by atoms with Gasteiger partial charge in [0, 0.05) is 56.5 Å². The zero-order valence-electron chi connectivity index (χ0n) is 23.5. The fraction of sp³-hybridized carbons (Fsp3) is 0.484. The number of nitrogens with one attached hydrogen (secondary N) is 1. The molecule has 2 fully saturated rings. The van der Waals surface area contributed by atoms with Crippen LogP contribution in [0.5, 0.6) is 5.75 Å². The summed E-state index contributed by atoms with van der Waals surface area (Å²) in [6, 6.07) is 12.0. The number of halogens is 3. The van der Waals surface area contributed by atoms with Crippen molar-refractivity contribution in [1.82, 2.24) is 14.7 Å². The third-order valence-electron chi connectivity index (χ3n) is 9.00. The highest BCUT2D eigenvalue weighted by Gasteiger charge is 2.51. The molecule has 2 aromatic rings. The Morgan fingerprint density at radius 2 is 1.76 bits per heavy atom. The highest BCUT2D eigenvalue weighted by Crippen LogP contribution is 2.59. The average molecular weight is 620 g/mol. The Morgan fingerprint density at radius 1 is 1.02 bits per heavy atom. The molecule has 1 saturated heterocycles. The lowest BCUT2D eigenvalue weighted by Crippen LogP contribution is -2.53. The van der Waals surface area contributed by atoms with E-state index in [0.717, 1.165) is 32.0 Å². The number of nitrogens with zero attached hydrogens (tertiary/aromatic N) is 3. The van der Waals surface area contributed by atoms with E-state index in [1.165, 1.54) is 12.0 Å². The normalized spacial score (nSPS) is 21.5. The number of urea groups is 1. The Labute approximate surface area is 257 Å². The molecule has 4 aliphatic rings. The van der Waals surface area contributed by atoms with E-state index < -0.39 is 0 Å². The van der Waals surface area contributed by atoms with Gasteiger partial charge < -0.3 is 19.9 Å². The molecule has 10 heteroatoms. The number of fused-ring (bicyclic) bond motifs is 1. The van der Waals surface area contributed by atoms with Crippen molar-refractivity contribution in [3.05, 3.63) is 69.2 Å². The van der Waals surface area contributed by atoms with Gasteiger partial charge in [-0.3, -0.25) is 9.69 Å². The minimum Gasteiger partial charge on any atom is -0.484 e. The summed E-state index contributed by atoms with van der Waals surface area (Å²) in [6.45, 7) is 9.34. The van der Waals surface area contributed by atoms with E-state index in [4.69, 9.17) is 39.5 Å². The van der Waals surface area contributed by atoms with Crippen LogP contribution in [-0.4, -0.2) is 79.1 Å². The highest BCUT2D eigenvalue weighted by atomic mass is 35.5. The number of rotatable bonds is 9. The predicted octanol–water partition coefficient (Wildman–Crippen LogP) is 6.70. The number of anilines is 1. The largest absolute Gasteiger partial charge is 0.484 e. The molecule has 0 aromatic heterocycles. The van der Waals surface area contributed by atoms with Crippen molar-refractivity contribution in [3.8, 4) is 5.75 Å². The third-order valence-corrected chi connectivity index (χ3v) is 9.99. The monoisotopic (exact) mass is 618 g/mol. The smallest absolute Gasteiger partial charge is 0.322 e.